The normalized spacial score (nSPS) is 31.9. The van der Waals surface area contributed by atoms with Gasteiger partial charge in [-0.05, 0) is 51.2 Å². The minimum Gasteiger partial charge on any atom is -0.388 e. The van der Waals surface area contributed by atoms with Crippen LogP contribution in [0, 0.1) is 13.8 Å². The largest absolute Gasteiger partial charge is 0.388 e. The van der Waals surface area contributed by atoms with Crippen molar-refractivity contribution in [3.8, 4) is 0 Å². The standard InChI is InChI=1S/C17H25NO/c1-12-4-5-13(2)15(8-12)10-17(19)9-14(3)18(11-17)16-6-7-16/h4-5,8,14,16,19H,6-7,9-11H2,1-3H3. The van der Waals surface area contributed by atoms with Gasteiger partial charge in [0.1, 0.15) is 0 Å². The Labute approximate surface area is 116 Å². The maximum atomic E-state index is 10.9. The van der Waals surface area contributed by atoms with E-state index in [0.717, 1.165) is 25.4 Å². The van der Waals surface area contributed by atoms with Gasteiger partial charge in [0.25, 0.3) is 0 Å². The fraction of sp³-hybridized carbons (Fsp3) is 0.647. The van der Waals surface area contributed by atoms with E-state index in [1.165, 1.54) is 29.5 Å². The van der Waals surface area contributed by atoms with Gasteiger partial charge in [-0.1, -0.05) is 23.8 Å². The van der Waals surface area contributed by atoms with E-state index < -0.39 is 5.60 Å². The number of β-amino-alcohol motifs (C(OH)–C–C–N with tert-alkyl or cyclic N) is 1. The van der Waals surface area contributed by atoms with Crippen LogP contribution in [-0.4, -0.2) is 34.2 Å². The smallest absolute Gasteiger partial charge is 0.0829 e. The molecule has 2 heteroatoms. The van der Waals surface area contributed by atoms with Crippen LogP contribution in [0.1, 0.15) is 42.9 Å². The maximum absolute atomic E-state index is 10.9. The number of rotatable bonds is 3. The number of hydrogen-bond donors (Lipinski definition) is 1. The minimum atomic E-state index is -0.527. The van der Waals surface area contributed by atoms with Gasteiger partial charge in [0.05, 0.1) is 5.60 Å². The zero-order valence-corrected chi connectivity index (χ0v) is 12.3. The topological polar surface area (TPSA) is 23.5 Å². The van der Waals surface area contributed by atoms with Gasteiger partial charge in [0.15, 0.2) is 0 Å². The summed E-state index contributed by atoms with van der Waals surface area (Å²) in [6, 6.07) is 7.84. The predicted molar refractivity (Wildman–Crippen MR) is 78.4 cm³/mol. The number of aryl methyl sites for hydroxylation is 2. The average molecular weight is 259 g/mol. The minimum absolute atomic E-state index is 0.527. The van der Waals surface area contributed by atoms with Gasteiger partial charge in [-0.25, -0.2) is 0 Å². The lowest BCUT2D eigenvalue weighted by atomic mass is 9.89. The Morgan fingerprint density at radius 2 is 2.05 bits per heavy atom. The Morgan fingerprint density at radius 1 is 1.32 bits per heavy atom. The first-order chi connectivity index (χ1) is 8.97. The van der Waals surface area contributed by atoms with Crippen LogP contribution in [0.2, 0.25) is 0 Å². The van der Waals surface area contributed by atoms with Crippen molar-refractivity contribution in [2.45, 2.75) is 64.1 Å². The molecule has 1 heterocycles. The fourth-order valence-electron chi connectivity index (χ4n) is 3.60. The van der Waals surface area contributed by atoms with Gasteiger partial charge in [-0.2, -0.15) is 0 Å². The molecule has 0 radical (unpaired) electrons. The van der Waals surface area contributed by atoms with Crippen LogP contribution in [0.4, 0.5) is 0 Å². The first-order valence-electron chi connectivity index (χ1n) is 7.51. The van der Waals surface area contributed by atoms with Crippen molar-refractivity contribution in [1.29, 1.82) is 0 Å². The molecule has 0 spiro atoms. The van der Waals surface area contributed by atoms with Crippen molar-refractivity contribution in [2.75, 3.05) is 6.54 Å². The molecule has 1 saturated carbocycles. The highest BCUT2D eigenvalue weighted by Crippen LogP contribution is 2.38. The van der Waals surface area contributed by atoms with Crippen LogP contribution in [-0.2, 0) is 6.42 Å². The third-order valence-electron chi connectivity index (χ3n) is 4.76. The van der Waals surface area contributed by atoms with Gasteiger partial charge < -0.3 is 5.11 Å². The van der Waals surface area contributed by atoms with E-state index in [2.05, 4.69) is 43.9 Å². The highest BCUT2D eigenvalue weighted by atomic mass is 16.3. The van der Waals surface area contributed by atoms with Crippen molar-refractivity contribution in [3.63, 3.8) is 0 Å². The Balaban J connectivity index is 1.76. The molecule has 104 valence electrons. The second-order valence-corrected chi connectivity index (χ2v) is 6.79. The molecule has 0 aromatic heterocycles. The predicted octanol–water partition coefficient (Wildman–Crippen LogP) is 2.83. The molecular weight excluding hydrogens is 234 g/mol. The molecule has 19 heavy (non-hydrogen) atoms. The van der Waals surface area contributed by atoms with E-state index in [4.69, 9.17) is 0 Å². The molecule has 2 aliphatic rings. The van der Waals surface area contributed by atoms with E-state index in [0.29, 0.717) is 6.04 Å². The van der Waals surface area contributed by atoms with Crippen LogP contribution in [0.3, 0.4) is 0 Å². The van der Waals surface area contributed by atoms with Crippen LogP contribution >= 0.6 is 0 Å². The molecule has 1 saturated heterocycles. The molecule has 1 N–H and O–H groups in total. The summed E-state index contributed by atoms with van der Waals surface area (Å²) >= 11 is 0. The lowest BCUT2D eigenvalue weighted by Crippen LogP contribution is -2.36. The number of likely N-dealkylation sites (tertiary alicyclic amines) is 1. The molecule has 0 bridgehead atoms. The zero-order chi connectivity index (χ0) is 13.6. The van der Waals surface area contributed by atoms with E-state index in [9.17, 15) is 5.11 Å². The van der Waals surface area contributed by atoms with Crippen LogP contribution < -0.4 is 0 Å². The summed E-state index contributed by atoms with van der Waals surface area (Å²) in [5.41, 5.74) is 3.37. The van der Waals surface area contributed by atoms with Crippen molar-refractivity contribution >= 4 is 0 Å². The summed E-state index contributed by atoms with van der Waals surface area (Å²) in [4.78, 5) is 2.52. The Bertz CT molecular complexity index is 480. The molecule has 0 amide bonds. The van der Waals surface area contributed by atoms with E-state index in [1.54, 1.807) is 0 Å². The first-order valence-corrected chi connectivity index (χ1v) is 7.51. The third-order valence-corrected chi connectivity index (χ3v) is 4.76. The van der Waals surface area contributed by atoms with Gasteiger partial charge in [0, 0.05) is 25.0 Å². The van der Waals surface area contributed by atoms with Gasteiger partial charge in [-0.3, -0.25) is 4.90 Å². The molecule has 2 unspecified atom stereocenters. The number of hydrogen-bond acceptors (Lipinski definition) is 2. The summed E-state index contributed by atoms with van der Waals surface area (Å²) in [5, 5.41) is 10.9. The summed E-state index contributed by atoms with van der Waals surface area (Å²) < 4.78 is 0. The quantitative estimate of drug-likeness (QED) is 0.902. The van der Waals surface area contributed by atoms with Crippen LogP contribution in [0.15, 0.2) is 18.2 Å². The molecule has 1 aliphatic heterocycles. The SMILES string of the molecule is Cc1ccc(C)c(CC2(O)CC(C)N(C3CC3)C2)c1. The number of aliphatic hydroxyl groups is 1. The second-order valence-electron chi connectivity index (χ2n) is 6.79. The highest BCUT2D eigenvalue weighted by Gasteiger charge is 2.45. The summed E-state index contributed by atoms with van der Waals surface area (Å²) in [5.74, 6) is 0. The highest BCUT2D eigenvalue weighted by molar-refractivity contribution is 5.32. The lowest BCUT2D eigenvalue weighted by Gasteiger charge is -2.24. The average Bonchev–Trinajstić information content (AvgIpc) is 3.11. The molecule has 3 rings (SSSR count). The Morgan fingerprint density at radius 3 is 2.74 bits per heavy atom. The third kappa shape index (κ3) is 2.70. The van der Waals surface area contributed by atoms with Crippen LogP contribution in [0.25, 0.3) is 0 Å². The second kappa shape index (κ2) is 4.60. The Kier molecular flexibility index (Phi) is 3.18. The van der Waals surface area contributed by atoms with E-state index in [-0.39, 0.29) is 0 Å². The monoisotopic (exact) mass is 259 g/mol. The van der Waals surface area contributed by atoms with Crippen molar-refractivity contribution in [1.82, 2.24) is 4.90 Å². The fourth-order valence-corrected chi connectivity index (χ4v) is 3.60. The number of benzene rings is 1. The molecule has 2 atom stereocenters. The van der Waals surface area contributed by atoms with Crippen molar-refractivity contribution in [3.05, 3.63) is 34.9 Å². The number of nitrogens with zero attached hydrogens (tertiary/aromatic N) is 1. The maximum Gasteiger partial charge on any atom is 0.0829 e. The Hall–Kier alpha value is -0.860. The molecule has 1 aromatic carbocycles. The molecular formula is C17H25NO. The van der Waals surface area contributed by atoms with Crippen molar-refractivity contribution in [2.24, 2.45) is 0 Å². The van der Waals surface area contributed by atoms with E-state index in [1.807, 2.05) is 0 Å². The molecule has 2 fully saturated rings. The lowest BCUT2D eigenvalue weighted by molar-refractivity contribution is 0.0485. The molecule has 1 aliphatic carbocycles. The van der Waals surface area contributed by atoms with Gasteiger partial charge in [-0.15, -0.1) is 0 Å². The summed E-state index contributed by atoms with van der Waals surface area (Å²) in [6.07, 6.45) is 4.36. The zero-order valence-electron chi connectivity index (χ0n) is 12.3. The van der Waals surface area contributed by atoms with Crippen molar-refractivity contribution < 1.29 is 5.11 Å². The molecule has 1 aromatic rings. The first kappa shape index (κ1) is 13.1. The van der Waals surface area contributed by atoms with Gasteiger partial charge >= 0.3 is 0 Å². The molecule has 2 nitrogen and oxygen atoms in total. The summed E-state index contributed by atoms with van der Waals surface area (Å²) in [6.45, 7) is 7.39. The van der Waals surface area contributed by atoms with Crippen LogP contribution in [0.5, 0.6) is 0 Å². The van der Waals surface area contributed by atoms with E-state index >= 15 is 0 Å². The van der Waals surface area contributed by atoms with Gasteiger partial charge in [0.2, 0.25) is 0 Å². The summed E-state index contributed by atoms with van der Waals surface area (Å²) in [7, 11) is 0.